The van der Waals surface area contributed by atoms with E-state index >= 15 is 0 Å². The van der Waals surface area contributed by atoms with E-state index in [2.05, 4.69) is 25.5 Å². The van der Waals surface area contributed by atoms with Crippen LogP contribution in [0.4, 0.5) is 27.8 Å². The molecule has 0 radical (unpaired) electrons. The fourth-order valence-corrected chi connectivity index (χ4v) is 3.56. The Morgan fingerprint density at radius 3 is 2.12 bits per heavy atom. The van der Waals surface area contributed by atoms with Crippen LogP contribution in [0.3, 0.4) is 0 Å². The van der Waals surface area contributed by atoms with Crippen molar-refractivity contribution in [2.75, 3.05) is 60.7 Å². The van der Waals surface area contributed by atoms with Crippen LogP contribution in [0.25, 0.3) is 0 Å². The van der Waals surface area contributed by atoms with Crippen LogP contribution in [0.1, 0.15) is 10.4 Å². The minimum Gasteiger partial charge on any atom is -0.378 e. The Kier molecular flexibility index (Phi) is 6.68. The Bertz CT molecular complexity index is 1100. The van der Waals surface area contributed by atoms with Crippen molar-refractivity contribution in [2.45, 2.75) is 0 Å². The summed E-state index contributed by atoms with van der Waals surface area (Å²) in [5.41, 5.74) is 2.82. The highest BCUT2D eigenvalue weighted by Crippen LogP contribution is 2.19. The number of carbonyl (C=O) groups excluding carboxylic acids is 2. The predicted octanol–water partition coefficient (Wildman–Crippen LogP) is 3.15. The van der Waals surface area contributed by atoms with Gasteiger partial charge in [0.25, 0.3) is 5.91 Å². The molecular weight excluding hydrogens is 418 g/mol. The summed E-state index contributed by atoms with van der Waals surface area (Å²) < 4.78 is 0. The second kappa shape index (κ2) is 9.99. The molecule has 4 rings (SSSR count). The number of amides is 3. The molecule has 0 unspecified atom stereocenters. The van der Waals surface area contributed by atoms with Crippen molar-refractivity contribution in [3.8, 4) is 0 Å². The normalized spacial score (nSPS) is 13.4. The van der Waals surface area contributed by atoms with E-state index < -0.39 is 0 Å². The monoisotopic (exact) mass is 445 g/mol. The van der Waals surface area contributed by atoms with E-state index in [4.69, 9.17) is 0 Å². The number of hydrogen-bond acceptors (Lipinski definition) is 6. The van der Waals surface area contributed by atoms with Crippen LogP contribution >= 0.6 is 0 Å². The van der Waals surface area contributed by atoms with Gasteiger partial charge in [-0.3, -0.25) is 4.79 Å². The van der Waals surface area contributed by atoms with Gasteiger partial charge in [0.1, 0.15) is 0 Å². The van der Waals surface area contributed by atoms with Gasteiger partial charge in [0.05, 0.1) is 0 Å². The van der Waals surface area contributed by atoms with E-state index in [1.54, 1.807) is 59.8 Å². The topological polar surface area (TPSA) is 93.7 Å². The number of hydrogen-bond donors (Lipinski definition) is 2. The molecule has 0 bridgehead atoms. The van der Waals surface area contributed by atoms with Crippen molar-refractivity contribution in [3.05, 3.63) is 72.6 Å². The number of urea groups is 1. The number of rotatable bonds is 5. The minimum absolute atomic E-state index is 0.175. The minimum atomic E-state index is -0.206. The molecule has 1 aromatic heterocycles. The maximum Gasteiger partial charge on any atom is 0.321 e. The van der Waals surface area contributed by atoms with E-state index in [0.29, 0.717) is 49.1 Å². The Balaban J connectivity index is 1.32. The van der Waals surface area contributed by atoms with E-state index in [9.17, 15) is 9.59 Å². The summed E-state index contributed by atoms with van der Waals surface area (Å²) in [6.45, 7) is 2.48. The van der Waals surface area contributed by atoms with Crippen molar-refractivity contribution in [2.24, 2.45) is 0 Å². The third-order valence-electron chi connectivity index (χ3n) is 5.42. The zero-order valence-corrected chi connectivity index (χ0v) is 18.7. The molecule has 3 amide bonds. The SMILES string of the molecule is CN(C)c1ccc(C(=O)Nc2cccc(NC(=O)N3CCN(c4ncccn4)CC3)c2)cc1. The molecule has 3 aromatic rings. The highest BCUT2D eigenvalue weighted by atomic mass is 16.2. The second-order valence-corrected chi connectivity index (χ2v) is 7.93. The summed E-state index contributed by atoms with van der Waals surface area (Å²) in [4.78, 5) is 39.6. The first kappa shape index (κ1) is 22.1. The molecule has 170 valence electrons. The number of nitrogens with zero attached hydrogens (tertiary/aromatic N) is 5. The number of carbonyl (C=O) groups is 2. The molecule has 0 spiro atoms. The van der Waals surface area contributed by atoms with Gasteiger partial charge in [-0.2, -0.15) is 0 Å². The standard InChI is InChI=1S/C24H27N7O2/c1-29(2)21-9-7-18(8-10-21)22(32)27-19-5-3-6-20(17-19)28-24(33)31-15-13-30(14-16-31)23-25-11-4-12-26-23/h3-12,17H,13-16H2,1-2H3,(H,27,32)(H,28,33). The molecule has 0 aliphatic carbocycles. The first-order valence-corrected chi connectivity index (χ1v) is 10.8. The van der Waals surface area contributed by atoms with Crippen LogP contribution in [-0.4, -0.2) is 67.1 Å². The lowest BCUT2D eigenvalue weighted by atomic mass is 10.2. The summed E-state index contributed by atoms with van der Waals surface area (Å²) in [5, 5.41) is 5.81. The van der Waals surface area contributed by atoms with Crippen molar-refractivity contribution in [1.82, 2.24) is 14.9 Å². The fourth-order valence-electron chi connectivity index (χ4n) is 3.56. The van der Waals surface area contributed by atoms with Gasteiger partial charge in [-0.1, -0.05) is 6.07 Å². The zero-order valence-electron chi connectivity index (χ0n) is 18.7. The number of anilines is 4. The first-order valence-electron chi connectivity index (χ1n) is 10.8. The molecule has 33 heavy (non-hydrogen) atoms. The Labute approximate surface area is 193 Å². The summed E-state index contributed by atoms with van der Waals surface area (Å²) in [6, 6.07) is 16.1. The smallest absolute Gasteiger partial charge is 0.321 e. The van der Waals surface area contributed by atoms with Crippen LogP contribution in [0, 0.1) is 0 Å². The van der Waals surface area contributed by atoms with Gasteiger partial charge < -0.3 is 25.3 Å². The van der Waals surface area contributed by atoms with E-state index in [1.807, 2.05) is 31.1 Å². The van der Waals surface area contributed by atoms with Gasteiger partial charge in [0.2, 0.25) is 5.95 Å². The van der Waals surface area contributed by atoms with Crippen molar-refractivity contribution in [3.63, 3.8) is 0 Å². The summed E-state index contributed by atoms with van der Waals surface area (Å²) >= 11 is 0. The lowest BCUT2D eigenvalue weighted by molar-refractivity contribution is 0.102. The van der Waals surface area contributed by atoms with Gasteiger partial charge in [-0.15, -0.1) is 0 Å². The Hall–Kier alpha value is -4.14. The summed E-state index contributed by atoms with van der Waals surface area (Å²) in [6.07, 6.45) is 3.43. The third-order valence-corrected chi connectivity index (χ3v) is 5.42. The molecule has 1 saturated heterocycles. The lowest BCUT2D eigenvalue weighted by Gasteiger charge is -2.34. The van der Waals surface area contributed by atoms with Crippen LogP contribution < -0.4 is 20.4 Å². The average molecular weight is 446 g/mol. The molecule has 1 aliphatic heterocycles. The largest absolute Gasteiger partial charge is 0.378 e. The molecule has 2 aromatic carbocycles. The molecule has 0 saturated carbocycles. The highest BCUT2D eigenvalue weighted by molar-refractivity contribution is 6.04. The predicted molar refractivity (Wildman–Crippen MR) is 130 cm³/mol. The quantitative estimate of drug-likeness (QED) is 0.627. The molecule has 2 N–H and O–H groups in total. The maximum atomic E-state index is 12.7. The van der Waals surface area contributed by atoms with Gasteiger partial charge >= 0.3 is 6.03 Å². The molecule has 2 heterocycles. The average Bonchev–Trinajstić information content (AvgIpc) is 2.85. The zero-order chi connectivity index (χ0) is 23.2. The molecule has 1 aliphatic rings. The van der Waals surface area contributed by atoms with E-state index in [0.717, 1.165) is 5.69 Å². The van der Waals surface area contributed by atoms with Crippen LogP contribution in [0.2, 0.25) is 0 Å². The van der Waals surface area contributed by atoms with Crippen LogP contribution in [-0.2, 0) is 0 Å². The molecule has 0 atom stereocenters. The van der Waals surface area contributed by atoms with Gasteiger partial charge in [-0.25, -0.2) is 14.8 Å². The van der Waals surface area contributed by atoms with Crippen molar-refractivity contribution >= 4 is 34.9 Å². The Morgan fingerprint density at radius 2 is 1.48 bits per heavy atom. The Morgan fingerprint density at radius 1 is 0.848 bits per heavy atom. The van der Waals surface area contributed by atoms with E-state index in [1.165, 1.54) is 0 Å². The third kappa shape index (κ3) is 5.57. The fraction of sp³-hybridized carbons (Fsp3) is 0.250. The first-order chi connectivity index (χ1) is 16.0. The summed E-state index contributed by atoms with van der Waals surface area (Å²) in [5.74, 6) is 0.473. The molecule has 1 fully saturated rings. The van der Waals surface area contributed by atoms with E-state index in [-0.39, 0.29) is 11.9 Å². The van der Waals surface area contributed by atoms with Crippen molar-refractivity contribution in [1.29, 1.82) is 0 Å². The molecule has 9 heteroatoms. The van der Waals surface area contributed by atoms with Gasteiger partial charge in [0.15, 0.2) is 0 Å². The van der Waals surface area contributed by atoms with Gasteiger partial charge in [0, 0.05) is 75.3 Å². The number of piperazine rings is 1. The van der Waals surface area contributed by atoms with Crippen LogP contribution in [0.15, 0.2) is 67.0 Å². The summed E-state index contributed by atoms with van der Waals surface area (Å²) in [7, 11) is 3.90. The van der Waals surface area contributed by atoms with Gasteiger partial charge in [-0.05, 0) is 48.5 Å². The number of nitrogens with one attached hydrogen (secondary N) is 2. The van der Waals surface area contributed by atoms with Crippen LogP contribution in [0.5, 0.6) is 0 Å². The second-order valence-electron chi connectivity index (χ2n) is 7.93. The number of benzene rings is 2. The molecular formula is C24H27N7O2. The molecule has 9 nitrogen and oxygen atoms in total. The lowest BCUT2D eigenvalue weighted by Crippen LogP contribution is -2.50. The maximum absolute atomic E-state index is 12.7. The number of aromatic nitrogens is 2. The van der Waals surface area contributed by atoms with Crippen molar-refractivity contribution < 1.29 is 9.59 Å². The highest BCUT2D eigenvalue weighted by Gasteiger charge is 2.22.